The Bertz CT molecular complexity index is 479. The summed E-state index contributed by atoms with van der Waals surface area (Å²) in [5.74, 6) is 0. The van der Waals surface area contributed by atoms with Gasteiger partial charge in [-0.15, -0.1) is 0 Å². The Morgan fingerprint density at radius 3 is 2.60 bits per heavy atom. The van der Waals surface area contributed by atoms with E-state index in [-0.39, 0.29) is 0 Å². The van der Waals surface area contributed by atoms with Gasteiger partial charge in [-0.1, -0.05) is 0 Å². The van der Waals surface area contributed by atoms with E-state index >= 15 is 0 Å². The summed E-state index contributed by atoms with van der Waals surface area (Å²) in [6.45, 7) is 0. The summed E-state index contributed by atoms with van der Waals surface area (Å²) in [6.07, 6.45) is 4.31. The van der Waals surface area contributed by atoms with Crippen LogP contribution in [0.25, 0.3) is 0 Å². The number of benzene rings is 1. The number of thiocarbonyl (C=S) groups is 1. The van der Waals surface area contributed by atoms with E-state index in [1.165, 1.54) is 12.0 Å². The van der Waals surface area contributed by atoms with E-state index < -0.39 is 0 Å². The number of fused-ring (bicyclic) bond motifs is 1. The van der Waals surface area contributed by atoms with Gasteiger partial charge in [-0.25, -0.2) is 0 Å². The quantitative estimate of drug-likeness (QED) is 0.531. The van der Waals surface area contributed by atoms with Gasteiger partial charge in [0, 0.05) is 0 Å². The van der Waals surface area contributed by atoms with E-state index in [1.54, 1.807) is 0 Å². The van der Waals surface area contributed by atoms with Gasteiger partial charge >= 0.3 is 0 Å². The lowest BCUT2D eigenvalue weighted by Crippen LogP contribution is -2.05. The van der Waals surface area contributed by atoms with Crippen molar-refractivity contribution in [1.82, 2.24) is 0 Å². The average Bonchev–Trinajstić information content (AvgIpc) is 2.30. The highest BCUT2D eigenvalue weighted by Gasteiger charge is 2.16. The Balaban J connectivity index is 2.63. The molecule has 0 saturated carbocycles. The minimum atomic E-state index is 0.785. The first kappa shape index (κ1) is 10.0. The molecular formula is C12H10N2S. The summed E-state index contributed by atoms with van der Waals surface area (Å²) < 4.78 is 0. The van der Waals surface area contributed by atoms with Crippen molar-refractivity contribution < 1.29 is 0 Å². The Hall–Kier alpha value is -1.49. The molecule has 1 aromatic carbocycles. The minimum Gasteiger partial charge on any atom is -0.194 e. The van der Waals surface area contributed by atoms with E-state index in [1.807, 2.05) is 12.1 Å². The smallest absolute Gasteiger partial charge is 0.0994 e. The SMILES string of the molecule is N#Cc1ccc(N=C=S)c2c1CCCC2. The highest BCUT2D eigenvalue weighted by Crippen LogP contribution is 2.31. The zero-order valence-corrected chi connectivity index (χ0v) is 9.10. The van der Waals surface area contributed by atoms with Crippen molar-refractivity contribution >= 4 is 23.1 Å². The van der Waals surface area contributed by atoms with Crippen LogP contribution in [0.1, 0.15) is 29.5 Å². The Morgan fingerprint density at radius 2 is 1.93 bits per heavy atom. The molecule has 0 aliphatic heterocycles. The van der Waals surface area contributed by atoms with E-state index in [0.29, 0.717) is 0 Å². The molecule has 15 heavy (non-hydrogen) atoms. The normalized spacial score (nSPS) is 13.5. The van der Waals surface area contributed by atoms with Crippen LogP contribution in [0.2, 0.25) is 0 Å². The van der Waals surface area contributed by atoms with Gasteiger partial charge in [-0.3, -0.25) is 0 Å². The zero-order valence-electron chi connectivity index (χ0n) is 8.29. The maximum Gasteiger partial charge on any atom is 0.0994 e. The van der Waals surface area contributed by atoms with Gasteiger partial charge in [0.05, 0.1) is 22.5 Å². The molecule has 0 fully saturated rings. The predicted molar refractivity (Wildman–Crippen MR) is 62.5 cm³/mol. The van der Waals surface area contributed by atoms with E-state index in [4.69, 9.17) is 5.26 Å². The topological polar surface area (TPSA) is 36.1 Å². The molecular weight excluding hydrogens is 204 g/mol. The molecule has 0 bridgehead atoms. The third kappa shape index (κ3) is 1.83. The average molecular weight is 214 g/mol. The number of hydrogen-bond donors (Lipinski definition) is 0. The molecule has 0 amide bonds. The van der Waals surface area contributed by atoms with Crippen molar-refractivity contribution in [2.75, 3.05) is 0 Å². The highest BCUT2D eigenvalue weighted by molar-refractivity contribution is 7.78. The second-order valence-corrected chi connectivity index (χ2v) is 3.79. The summed E-state index contributed by atoms with van der Waals surface area (Å²) >= 11 is 4.62. The first-order chi connectivity index (χ1) is 7.36. The molecule has 0 heterocycles. The first-order valence-corrected chi connectivity index (χ1v) is 5.40. The van der Waals surface area contributed by atoms with Crippen molar-refractivity contribution in [1.29, 1.82) is 5.26 Å². The Labute approximate surface area is 94.3 Å². The third-order valence-corrected chi connectivity index (χ3v) is 2.89. The molecule has 0 unspecified atom stereocenters. The van der Waals surface area contributed by atoms with Gasteiger partial charge in [0.2, 0.25) is 0 Å². The number of hydrogen-bond acceptors (Lipinski definition) is 3. The first-order valence-electron chi connectivity index (χ1n) is 4.99. The van der Waals surface area contributed by atoms with Crippen LogP contribution >= 0.6 is 12.2 Å². The molecule has 0 atom stereocenters. The van der Waals surface area contributed by atoms with E-state index in [0.717, 1.165) is 36.1 Å². The van der Waals surface area contributed by atoms with E-state index in [9.17, 15) is 0 Å². The van der Waals surface area contributed by atoms with Crippen molar-refractivity contribution in [2.24, 2.45) is 4.99 Å². The van der Waals surface area contributed by atoms with Crippen LogP contribution in [0.4, 0.5) is 5.69 Å². The summed E-state index contributed by atoms with van der Waals surface area (Å²) in [7, 11) is 0. The van der Waals surface area contributed by atoms with Gasteiger partial charge < -0.3 is 0 Å². The van der Waals surface area contributed by atoms with Gasteiger partial charge in [0.1, 0.15) is 0 Å². The number of nitrogens with zero attached hydrogens (tertiary/aromatic N) is 2. The van der Waals surface area contributed by atoms with Gasteiger partial charge in [0.25, 0.3) is 0 Å². The van der Waals surface area contributed by atoms with Gasteiger partial charge in [0.15, 0.2) is 0 Å². The molecule has 1 aromatic rings. The molecule has 3 heteroatoms. The van der Waals surface area contributed by atoms with Crippen LogP contribution in [0.3, 0.4) is 0 Å². The van der Waals surface area contributed by atoms with Crippen molar-refractivity contribution in [3.05, 3.63) is 28.8 Å². The number of aliphatic imine (C=N–C) groups is 1. The maximum atomic E-state index is 9.00. The Morgan fingerprint density at radius 1 is 1.20 bits per heavy atom. The fourth-order valence-corrected chi connectivity index (χ4v) is 2.21. The molecule has 2 nitrogen and oxygen atoms in total. The van der Waals surface area contributed by atoms with Crippen LogP contribution in [0.5, 0.6) is 0 Å². The fraction of sp³-hybridized carbons (Fsp3) is 0.333. The predicted octanol–water partition coefficient (Wildman–Crippen LogP) is 3.17. The minimum absolute atomic E-state index is 0.785. The summed E-state index contributed by atoms with van der Waals surface area (Å²) in [5.41, 5.74) is 4.03. The standard InChI is InChI=1S/C12H10N2S/c13-7-9-5-6-12(14-8-15)11-4-2-1-3-10(9)11/h5-6H,1-4H2. The summed E-state index contributed by atoms with van der Waals surface area (Å²) in [5, 5.41) is 11.4. The number of nitriles is 1. The zero-order chi connectivity index (χ0) is 10.7. The molecule has 1 aliphatic rings. The Kier molecular flexibility index (Phi) is 2.91. The van der Waals surface area contributed by atoms with Crippen LogP contribution in [0.15, 0.2) is 17.1 Å². The van der Waals surface area contributed by atoms with Crippen LogP contribution in [-0.4, -0.2) is 5.16 Å². The second-order valence-electron chi connectivity index (χ2n) is 3.61. The third-order valence-electron chi connectivity index (χ3n) is 2.80. The summed E-state index contributed by atoms with van der Waals surface area (Å²) in [4.78, 5) is 4.05. The lowest BCUT2D eigenvalue weighted by Gasteiger charge is -2.18. The second kappa shape index (κ2) is 4.35. The van der Waals surface area contributed by atoms with Crippen molar-refractivity contribution in [3.8, 4) is 6.07 Å². The highest BCUT2D eigenvalue weighted by atomic mass is 32.1. The molecule has 0 saturated heterocycles. The molecule has 0 aromatic heterocycles. The van der Waals surface area contributed by atoms with E-state index in [2.05, 4.69) is 28.4 Å². The van der Waals surface area contributed by atoms with Crippen LogP contribution in [0, 0.1) is 11.3 Å². The van der Waals surface area contributed by atoms with Gasteiger partial charge in [-0.05, 0) is 61.2 Å². The lowest BCUT2D eigenvalue weighted by molar-refractivity contribution is 0.685. The molecule has 0 N–H and O–H groups in total. The largest absolute Gasteiger partial charge is 0.194 e. The van der Waals surface area contributed by atoms with Crippen molar-refractivity contribution in [2.45, 2.75) is 25.7 Å². The van der Waals surface area contributed by atoms with Crippen LogP contribution < -0.4 is 0 Å². The molecule has 0 radical (unpaired) electrons. The van der Waals surface area contributed by atoms with Gasteiger partial charge in [-0.2, -0.15) is 10.3 Å². The lowest BCUT2D eigenvalue weighted by atomic mass is 9.87. The molecule has 1 aliphatic carbocycles. The summed E-state index contributed by atoms with van der Waals surface area (Å²) in [6, 6.07) is 5.93. The molecule has 74 valence electrons. The molecule has 2 rings (SSSR count). The molecule has 0 spiro atoms. The number of rotatable bonds is 1. The van der Waals surface area contributed by atoms with Crippen LogP contribution in [-0.2, 0) is 12.8 Å². The number of isothiocyanates is 1. The maximum absolute atomic E-state index is 9.00. The van der Waals surface area contributed by atoms with Crippen molar-refractivity contribution in [3.63, 3.8) is 0 Å². The fourth-order valence-electron chi connectivity index (χ4n) is 2.11. The monoisotopic (exact) mass is 214 g/mol.